The number of carbonyl (C=O) groups is 1. The van der Waals surface area contributed by atoms with Gasteiger partial charge < -0.3 is 9.88 Å². The second-order valence-corrected chi connectivity index (χ2v) is 8.23. The van der Waals surface area contributed by atoms with Crippen molar-refractivity contribution in [2.45, 2.75) is 4.90 Å². The van der Waals surface area contributed by atoms with Crippen LogP contribution in [0.5, 0.6) is 0 Å². The van der Waals surface area contributed by atoms with Crippen LogP contribution in [0.3, 0.4) is 0 Å². The van der Waals surface area contributed by atoms with Gasteiger partial charge in [-0.1, -0.05) is 11.6 Å². The highest BCUT2D eigenvalue weighted by Crippen LogP contribution is 2.25. The van der Waals surface area contributed by atoms with Crippen LogP contribution >= 0.6 is 11.6 Å². The van der Waals surface area contributed by atoms with E-state index in [2.05, 4.69) is 10.3 Å². The normalized spacial score (nSPS) is 11.5. The van der Waals surface area contributed by atoms with Gasteiger partial charge in [0.25, 0.3) is 0 Å². The van der Waals surface area contributed by atoms with Gasteiger partial charge in [-0.2, -0.15) is 4.31 Å². The third-order valence-corrected chi connectivity index (χ3v) is 5.85. The number of nitrogens with zero attached hydrogens (tertiary/aromatic N) is 3. The summed E-state index contributed by atoms with van der Waals surface area (Å²) in [6.45, 7) is -0.342. The quantitative estimate of drug-likeness (QED) is 0.684. The summed E-state index contributed by atoms with van der Waals surface area (Å²) in [5.41, 5.74) is 1.20. The Morgan fingerprint density at radius 2 is 1.96 bits per heavy atom. The van der Waals surface area contributed by atoms with E-state index in [9.17, 15) is 13.2 Å². The average Bonchev–Trinajstić information content (AvgIpc) is 3.18. The SMILES string of the molecule is CN(CC(=O)Nc1ccc(Cl)cc1-n1cccc1)S(=O)(=O)c1cccnc1. The first kappa shape index (κ1) is 19.1. The highest BCUT2D eigenvalue weighted by Gasteiger charge is 2.23. The molecule has 2 aromatic heterocycles. The van der Waals surface area contributed by atoms with Crippen molar-refractivity contribution >= 4 is 33.2 Å². The number of amides is 1. The number of benzene rings is 1. The topological polar surface area (TPSA) is 84.3 Å². The summed E-state index contributed by atoms with van der Waals surface area (Å²) in [6, 6.07) is 11.7. The number of carbonyl (C=O) groups excluding carboxylic acids is 1. The van der Waals surface area contributed by atoms with Gasteiger partial charge in [0.05, 0.1) is 17.9 Å². The predicted molar refractivity (Wildman–Crippen MR) is 103 cm³/mol. The van der Waals surface area contributed by atoms with E-state index in [0.717, 1.165) is 4.31 Å². The summed E-state index contributed by atoms with van der Waals surface area (Å²) >= 11 is 6.06. The van der Waals surface area contributed by atoms with Gasteiger partial charge in [-0.15, -0.1) is 0 Å². The van der Waals surface area contributed by atoms with E-state index < -0.39 is 15.9 Å². The zero-order chi connectivity index (χ0) is 19.4. The molecule has 27 heavy (non-hydrogen) atoms. The zero-order valence-electron chi connectivity index (χ0n) is 14.4. The van der Waals surface area contributed by atoms with Crippen molar-refractivity contribution in [3.05, 3.63) is 72.3 Å². The Kier molecular flexibility index (Phi) is 5.59. The first-order valence-electron chi connectivity index (χ1n) is 7.97. The van der Waals surface area contributed by atoms with Crippen LogP contribution in [0.1, 0.15) is 0 Å². The molecule has 3 rings (SSSR count). The number of aromatic nitrogens is 2. The largest absolute Gasteiger partial charge is 0.323 e. The molecule has 1 aromatic carbocycles. The lowest BCUT2D eigenvalue weighted by molar-refractivity contribution is -0.116. The molecular weight excluding hydrogens is 388 g/mol. The van der Waals surface area contributed by atoms with Crippen molar-refractivity contribution < 1.29 is 13.2 Å². The minimum Gasteiger partial charge on any atom is -0.323 e. The van der Waals surface area contributed by atoms with E-state index in [1.165, 1.54) is 31.6 Å². The van der Waals surface area contributed by atoms with Gasteiger partial charge in [-0.3, -0.25) is 9.78 Å². The maximum Gasteiger partial charge on any atom is 0.244 e. The van der Waals surface area contributed by atoms with Gasteiger partial charge in [0.1, 0.15) is 4.90 Å². The smallest absolute Gasteiger partial charge is 0.244 e. The number of hydrogen-bond donors (Lipinski definition) is 1. The van der Waals surface area contributed by atoms with Gasteiger partial charge in [-0.05, 0) is 42.5 Å². The van der Waals surface area contributed by atoms with Crippen LogP contribution in [0, 0.1) is 0 Å². The van der Waals surface area contributed by atoms with Gasteiger partial charge in [0.2, 0.25) is 15.9 Å². The van der Waals surface area contributed by atoms with E-state index in [-0.39, 0.29) is 11.4 Å². The van der Waals surface area contributed by atoms with Crippen molar-refractivity contribution in [2.75, 3.05) is 18.9 Å². The third kappa shape index (κ3) is 4.36. The molecule has 0 atom stereocenters. The minimum atomic E-state index is -3.80. The molecule has 0 aliphatic rings. The number of sulfonamides is 1. The molecule has 0 unspecified atom stereocenters. The summed E-state index contributed by atoms with van der Waals surface area (Å²) in [6.07, 6.45) is 6.36. The molecule has 1 amide bonds. The third-order valence-electron chi connectivity index (χ3n) is 3.83. The Hall–Kier alpha value is -2.68. The lowest BCUT2D eigenvalue weighted by atomic mass is 10.2. The number of halogens is 1. The first-order valence-corrected chi connectivity index (χ1v) is 9.79. The Balaban J connectivity index is 1.77. The molecule has 0 spiro atoms. The lowest BCUT2D eigenvalue weighted by Crippen LogP contribution is -2.35. The highest BCUT2D eigenvalue weighted by atomic mass is 35.5. The molecule has 1 N–H and O–H groups in total. The molecule has 9 heteroatoms. The molecule has 0 saturated heterocycles. The van der Waals surface area contributed by atoms with E-state index in [0.29, 0.717) is 16.4 Å². The lowest BCUT2D eigenvalue weighted by Gasteiger charge is -2.18. The fourth-order valence-corrected chi connectivity index (χ4v) is 3.73. The Bertz CT molecular complexity index is 1040. The number of pyridine rings is 1. The molecule has 2 heterocycles. The fourth-order valence-electron chi connectivity index (χ4n) is 2.48. The number of anilines is 1. The molecular formula is C18H17ClN4O3S. The molecule has 0 bridgehead atoms. The van der Waals surface area contributed by atoms with E-state index >= 15 is 0 Å². The standard InChI is InChI=1S/C18H17ClN4O3S/c1-22(27(25,26)15-5-4-8-20-12-15)13-18(24)21-16-7-6-14(19)11-17(16)23-9-2-3-10-23/h2-12H,13H2,1H3,(H,21,24). The van der Waals surface area contributed by atoms with E-state index in [1.807, 2.05) is 24.5 Å². The van der Waals surface area contributed by atoms with Crippen molar-refractivity contribution in [2.24, 2.45) is 0 Å². The minimum absolute atomic E-state index is 0.0276. The van der Waals surface area contributed by atoms with Crippen molar-refractivity contribution in [3.63, 3.8) is 0 Å². The van der Waals surface area contributed by atoms with Crippen LogP contribution in [-0.4, -0.2) is 41.8 Å². The van der Waals surface area contributed by atoms with Gasteiger partial charge in [0, 0.05) is 36.9 Å². The van der Waals surface area contributed by atoms with Crippen LogP contribution in [0.15, 0.2) is 72.1 Å². The van der Waals surface area contributed by atoms with Crippen LogP contribution in [0.4, 0.5) is 5.69 Å². The molecule has 0 aliphatic heterocycles. The number of hydrogen-bond acceptors (Lipinski definition) is 4. The summed E-state index contributed by atoms with van der Waals surface area (Å²) in [5, 5.41) is 3.26. The first-order chi connectivity index (χ1) is 12.9. The summed E-state index contributed by atoms with van der Waals surface area (Å²) < 4.78 is 27.8. The number of rotatable bonds is 6. The molecule has 3 aromatic rings. The fraction of sp³-hybridized carbons (Fsp3) is 0.111. The molecule has 0 radical (unpaired) electrons. The zero-order valence-corrected chi connectivity index (χ0v) is 16.0. The average molecular weight is 405 g/mol. The van der Waals surface area contributed by atoms with Crippen LogP contribution in [-0.2, 0) is 14.8 Å². The molecule has 7 nitrogen and oxygen atoms in total. The van der Waals surface area contributed by atoms with Crippen molar-refractivity contribution in [3.8, 4) is 5.69 Å². The Morgan fingerprint density at radius 3 is 2.63 bits per heavy atom. The highest BCUT2D eigenvalue weighted by molar-refractivity contribution is 7.89. The molecule has 0 saturated carbocycles. The van der Waals surface area contributed by atoms with E-state index in [4.69, 9.17) is 11.6 Å². The van der Waals surface area contributed by atoms with Crippen LogP contribution in [0.25, 0.3) is 5.69 Å². The summed E-state index contributed by atoms with van der Waals surface area (Å²) in [7, 11) is -2.46. The molecule has 0 fully saturated rings. The molecule has 140 valence electrons. The maximum atomic E-state index is 12.5. The van der Waals surface area contributed by atoms with Crippen LogP contribution < -0.4 is 5.32 Å². The van der Waals surface area contributed by atoms with Gasteiger partial charge in [0.15, 0.2) is 0 Å². The van der Waals surface area contributed by atoms with Gasteiger partial charge >= 0.3 is 0 Å². The second kappa shape index (κ2) is 7.91. The number of nitrogens with one attached hydrogen (secondary N) is 1. The Labute approximate surface area is 162 Å². The maximum absolute atomic E-state index is 12.5. The van der Waals surface area contributed by atoms with Crippen molar-refractivity contribution in [1.29, 1.82) is 0 Å². The predicted octanol–water partition coefficient (Wildman–Crippen LogP) is 2.78. The monoisotopic (exact) mass is 404 g/mol. The summed E-state index contributed by atoms with van der Waals surface area (Å²) in [5.74, 6) is -0.472. The molecule has 0 aliphatic carbocycles. The van der Waals surface area contributed by atoms with Gasteiger partial charge in [-0.25, -0.2) is 8.42 Å². The Morgan fingerprint density at radius 1 is 1.22 bits per heavy atom. The van der Waals surface area contributed by atoms with Crippen molar-refractivity contribution in [1.82, 2.24) is 13.9 Å². The number of likely N-dealkylation sites (N-methyl/N-ethyl adjacent to an activating group) is 1. The van der Waals surface area contributed by atoms with Crippen LogP contribution in [0.2, 0.25) is 5.02 Å². The van der Waals surface area contributed by atoms with E-state index in [1.54, 1.807) is 22.8 Å². The second-order valence-electron chi connectivity index (χ2n) is 5.75. The summed E-state index contributed by atoms with van der Waals surface area (Å²) in [4.78, 5) is 16.3.